The van der Waals surface area contributed by atoms with Gasteiger partial charge in [0, 0.05) is 11.8 Å². The van der Waals surface area contributed by atoms with Crippen molar-refractivity contribution < 1.29 is 22.6 Å². The Bertz CT molecular complexity index is 1250. The van der Waals surface area contributed by atoms with E-state index in [2.05, 4.69) is 30.1 Å². The van der Waals surface area contributed by atoms with Gasteiger partial charge in [0.15, 0.2) is 27.1 Å². The lowest BCUT2D eigenvalue weighted by Crippen LogP contribution is -2.28. The first kappa shape index (κ1) is 24.8. The molecule has 1 saturated carbocycles. The number of aromatic nitrogens is 7. The van der Waals surface area contributed by atoms with Gasteiger partial charge in [-0.1, -0.05) is 13.3 Å². The van der Waals surface area contributed by atoms with Crippen LogP contribution >= 0.6 is 0 Å². The van der Waals surface area contributed by atoms with Crippen LogP contribution in [0.2, 0.25) is 0 Å². The molecule has 0 saturated heterocycles. The summed E-state index contributed by atoms with van der Waals surface area (Å²) in [7, 11) is 0.774. The molecule has 35 heavy (non-hydrogen) atoms. The van der Waals surface area contributed by atoms with E-state index in [1.807, 2.05) is 0 Å². The summed E-state index contributed by atoms with van der Waals surface area (Å²) in [4.78, 5) is 16.9. The molecule has 188 valence electrons. The Morgan fingerprint density at radius 1 is 0.971 bits per heavy atom. The fraction of sp³-hybridized carbons (Fsp3) is 0.545. The predicted molar refractivity (Wildman–Crippen MR) is 126 cm³/mol. The molecule has 3 aromatic rings. The minimum Gasteiger partial charge on any atom is -0.494 e. The van der Waals surface area contributed by atoms with E-state index in [0.29, 0.717) is 23.1 Å². The molecule has 12 nitrogen and oxygen atoms in total. The summed E-state index contributed by atoms with van der Waals surface area (Å²) in [6, 6.07) is 0. The fourth-order valence-corrected chi connectivity index (χ4v) is 5.49. The van der Waals surface area contributed by atoms with Gasteiger partial charge in [-0.25, -0.2) is 18.4 Å². The van der Waals surface area contributed by atoms with Crippen molar-refractivity contribution >= 4 is 9.84 Å². The molecule has 13 heteroatoms. The van der Waals surface area contributed by atoms with Crippen molar-refractivity contribution in [2.75, 3.05) is 21.3 Å². The summed E-state index contributed by atoms with van der Waals surface area (Å²) >= 11 is 0. The van der Waals surface area contributed by atoms with Crippen LogP contribution in [0.3, 0.4) is 0 Å². The topological polar surface area (TPSA) is 144 Å². The predicted octanol–water partition coefficient (Wildman–Crippen LogP) is 2.25. The molecule has 0 spiro atoms. The lowest BCUT2D eigenvalue weighted by Gasteiger charge is -2.26. The summed E-state index contributed by atoms with van der Waals surface area (Å²) in [5, 5.41) is 7.87. The molecular formula is C22H29N7O5S. The van der Waals surface area contributed by atoms with E-state index in [-0.39, 0.29) is 29.3 Å². The summed E-state index contributed by atoms with van der Waals surface area (Å²) in [5.41, 5.74) is 0.383. The number of hydrogen-bond donors (Lipinski definition) is 0. The van der Waals surface area contributed by atoms with Gasteiger partial charge >= 0.3 is 0 Å². The monoisotopic (exact) mass is 503 g/mol. The van der Waals surface area contributed by atoms with Gasteiger partial charge in [0.2, 0.25) is 11.8 Å². The van der Waals surface area contributed by atoms with E-state index in [1.54, 1.807) is 18.4 Å². The number of nitrogens with zero attached hydrogens (tertiary/aromatic N) is 7. The van der Waals surface area contributed by atoms with Crippen molar-refractivity contribution in [3.8, 4) is 23.2 Å². The number of hydrogen-bond acceptors (Lipinski definition) is 11. The van der Waals surface area contributed by atoms with Crippen LogP contribution in [-0.2, 0) is 15.6 Å². The van der Waals surface area contributed by atoms with Crippen LogP contribution in [0.1, 0.15) is 62.4 Å². The number of methoxy groups -OCH3 is 3. The van der Waals surface area contributed by atoms with Crippen LogP contribution in [0.25, 0.3) is 5.69 Å². The Labute approximate surface area is 204 Å². The maximum atomic E-state index is 13.5. The molecular weight excluding hydrogens is 474 g/mol. The Morgan fingerprint density at radius 2 is 1.60 bits per heavy atom. The van der Waals surface area contributed by atoms with Crippen LogP contribution in [0.5, 0.6) is 17.5 Å². The molecule has 0 bridgehead atoms. The Morgan fingerprint density at radius 3 is 2.11 bits per heavy atom. The normalized spacial score (nSPS) is 15.8. The summed E-state index contributed by atoms with van der Waals surface area (Å²) in [5.74, 6) is 1.62. The molecule has 0 aromatic carbocycles. The zero-order valence-corrected chi connectivity index (χ0v) is 21.2. The molecule has 1 aliphatic carbocycles. The molecule has 0 aliphatic heterocycles. The van der Waals surface area contributed by atoms with Crippen LogP contribution < -0.4 is 14.2 Å². The van der Waals surface area contributed by atoms with Crippen molar-refractivity contribution in [3.63, 3.8) is 0 Å². The third kappa shape index (κ3) is 4.77. The van der Waals surface area contributed by atoms with Crippen LogP contribution in [0, 0.1) is 0 Å². The molecule has 1 aliphatic rings. The van der Waals surface area contributed by atoms with Crippen LogP contribution in [-0.4, -0.2) is 69.7 Å². The second-order valence-corrected chi connectivity index (χ2v) is 10.8. The van der Waals surface area contributed by atoms with E-state index in [9.17, 15) is 8.42 Å². The highest BCUT2D eigenvalue weighted by atomic mass is 32.2. The third-order valence-corrected chi connectivity index (χ3v) is 8.68. The van der Waals surface area contributed by atoms with E-state index in [1.165, 1.54) is 40.1 Å². The van der Waals surface area contributed by atoms with Gasteiger partial charge in [-0.2, -0.15) is 9.97 Å². The molecule has 0 N–H and O–H groups in total. The maximum absolute atomic E-state index is 13.5. The zero-order valence-electron chi connectivity index (χ0n) is 20.4. The molecule has 3 heterocycles. The van der Waals surface area contributed by atoms with E-state index < -0.39 is 21.0 Å². The lowest BCUT2D eigenvalue weighted by molar-refractivity contribution is 0.361. The lowest BCUT2D eigenvalue weighted by atomic mass is 9.85. The van der Waals surface area contributed by atoms with Crippen molar-refractivity contribution in [1.29, 1.82) is 0 Å². The highest BCUT2D eigenvalue weighted by Gasteiger charge is 2.35. The average molecular weight is 504 g/mol. The maximum Gasteiger partial charge on any atom is 0.245 e. The summed E-state index contributed by atoms with van der Waals surface area (Å²) in [6.45, 7) is 3.43. The Balaban J connectivity index is 1.72. The van der Waals surface area contributed by atoms with Crippen molar-refractivity contribution in [1.82, 2.24) is 34.7 Å². The first-order valence-electron chi connectivity index (χ1n) is 11.3. The number of sulfone groups is 1. The highest BCUT2D eigenvalue weighted by Crippen LogP contribution is 2.40. The quantitative estimate of drug-likeness (QED) is 0.401. The molecule has 0 amide bonds. The first-order valence-corrected chi connectivity index (χ1v) is 13.0. The average Bonchev–Trinajstić information content (AvgIpc) is 3.22. The molecule has 3 aromatic heterocycles. The molecule has 0 radical (unpaired) electrons. The largest absolute Gasteiger partial charge is 0.494 e. The van der Waals surface area contributed by atoms with Gasteiger partial charge in [0.1, 0.15) is 23.7 Å². The van der Waals surface area contributed by atoms with E-state index in [0.717, 1.165) is 19.3 Å². The first-order chi connectivity index (χ1) is 16.8. The molecule has 0 unspecified atom stereocenters. The van der Waals surface area contributed by atoms with Gasteiger partial charge in [0.25, 0.3) is 0 Å². The zero-order chi connectivity index (χ0) is 25.2. The second-order valence-electron chi connectivity index (χ2n) is 8.46. The van der Waals surface area contributed by atoms with Crippen LogP contribution in [0.4, 0.5) is 0 Å². The molecule has 2 atom stereocenters. The van der Waals surface area contributed by atoms with Crippen molar-refractivity contribution in [3.05, 3.63) is 36.2 Å². The number of rotatable bonds is 10. The van der Waals surface area contributed by atoms with Gasteiger partial charge in [-0.15, -0.1) is 10.2 Å². The minimum atomic E-state index is -3.70. The van der Waals surface area contributed by atoms with E-state index in [4.69, 9.17) is 14.2 Å². The SMILES string of the molecule is COc1cnc([C@@H](C)[C@H](C)S(=O)(=O)Cc2nnc(C3CCC3)n2-c2c(OC)ncnc2OC)nc1. The summed E-state index contributed by atoms with van der Waals surface area (Å²) in [6.07, 6.45) is 7.31. The van der Waals surface area contributed by atoms with Crippen molar-refractivity contribution in [2.45, 2.75) is 55.9 Å². The van der Waals surface area contributed by atoms with Gasteiger partial charge < -0.3 is 14.2 Å². The minimum absolute atomic E-state index is 0.151. The molecule has 1 fully saturated rings. The van der Waals surface area contributed by atoms with Crippen LogP contribution in [0.15, 0.2) is 18.7 Å². The molecule has 4 rings (SSSR count). The number of ether oxygens (including phenoxy) is 3. The standard InChI is InChI=1S/C22H29N7O5S/c1-13(19-23-9-16(32-3)10-24-19)14(2)35(30,31)11-17-27-28-20(15-7-6-8-15)29(17)18-21(33-4)25-12-26-22(18)34-5/h9-10,12-15H,6-8,11H2,1-5H3/t13-,14-/m0/s1. The third-order valence-electron chi connectivity index (χ3n) is 6.48. The Kier molecular flexibility index (Phi) is 7.15. The van der Waals surface area contributed by atoms with Crippen molar-refractivity contribution in [2.24, 2.45) is 0 Å². The smallest absolute Gasteiger partial charge is 0.245 e. The van der Waals surface area contributed by atoms with Gasteiger partial charge in [0.05, 0.1) is 39.0 Å². The Hall–Kier alpha value is -3.35. The fourth-order valence-electron chi connectivity index (χ4n) is 3.93. The second kappa shape index (κ2) is 10.1. The van der Waals surface area contributed by atoms with Gasteiger partial charge in [-0.3, -0.25) is 4.57 Å². The van der Waals surface area contributed by atoms with Gasteiger partial charge in [-0.05, 0) is 19.8 Å². The van der Waals surface area contributed by atoms with E-state index >= 15 is 0 Å². The highest BCUT2D eigenvalue weighted by molar-refractivity contribution is 7.91. The summed E-state index contributed by atoms with van der Waals surface area (Å²) < 4.78 is 44.8.